The first kappa shape index (κ1) is 18.3. The van der Waals surface area contributed by atoms with E-state index in [0.717, 1.165) is 28.8 Å². The van der Waals surface area contributed by atoms with Gasteiger partial charge in [-0.05, 0) is 36.4 Å². The van der Waals surface area contributed by atoms with Gasteiger partial charge in [-0.25, -0.2) is 22.5 Å². The van der Waals surface area contributed by atoms with Crippen LogP contribution in [0.1, 0.15) is 5.82 Å². The number of sulfonamides is 1. The second-order valence-electron chi connectivity index (χ2n) is 5.43. The van der Waals surface area contributed by atoms with Gasteiger partial charge >= 0.3 is 6.18 Å². The molecule has 0 amide bonds. The molecule has 0 aliphatic rings. The first-order valence-corrected chi connectivity index (χ1v) is 8.94. The number of alkyl halides is 3. The predicted molar refractivity (Wildman–Crippen MR) is 86.3 cm³/mol. The summed E-state index contributed by atoms with van der Waals surface area (Å²) in [4.78, 5) is 3.41. The molecule has 3 rings (SSSR count). The second kappa shape index (κ2) is 6.69. The molecule has 2 aromatic carbocycles. The van der Waals surface area contributed by atoms with E-state index in [0.29, 0.717) is 0 Å². The van der Waals surface area contributed by atoms with Crippen molar-refractivity contribution in [3.8, 4) is 0 Å². The summed E-state index contributed by atoms with van der Waals surface area (Å²) >= 11 is 0. The van der Waals surface area contributed by atoms with Gasteiger partial charge in [0.25, 0.3) is 0 Å². The Balaban J connectivity index is 1.83. The van der Waals surface area contributed by atoms with Crippen molar-refractivity contribution in [2.45, 2.75) is 17.6 Å². The Kier molecular flexibility index (Phi) is 4.72. The van der Waals surface area contributed by atoms with Crippen molar-refractivity contribution in [3.63, 3.8) is 0 Å². The van der Waals surface area contributed by atoms with Crippen LogP contribution < -0.4 is 4.72 Å². The van der Waals surface area contributed by atoms with Crippen LogP contribution in [0, 0.1) is 5.82 Å². The first-order valence-electron chi connectivity index (χ1n) is 7.46. The zero-order valence-electron chi connectivity index (χ0n) is 13.2. The third kappa shape index (κ3) is 3.70. The molecule has 1 aromatic heterocycles. The minimum atomic E-state index is -4.67. The third-order valence-electron chi connectivity index (χ3n) is 3.66. The lowest BCUT2D eigenvalue weighted by atomic mass is 10.3. The molecular weight excluding hydrogens is 374 g/mol. The summed E-state index contributed by atoms with van der Waals surface area (Å²) in [6.45, 7) is -0.557. The molecule has 3 aromatic rings. The predicted octanol–water partition coefficient (Wildman–Crippen LogP) is 3.17. The van der Waals surface area contributed by atoms with E-state index >= 15 is 0 Å². The van der Waals surface area contributed by atoms with Gasteiger partial charge in [0.05, 0.1) is 15.9 Å². The Bertz CT molecular complexity index is 1030. The summed E-state index contributed by atoms with van der Waals surface area (Å²) in [5.41, 5.74) is 0.419. The Hall–Kier alpha value is -2.46. The number of hydrogen-bond acceptors (Lipinski definition) is 3. The molecule has 0 bridgehead atoms. The van der Waals surface area contributed by atoms with Crippen molar-refractivity contribution in [1.29, 1.82) is 0 Å². The number of nitrogens with zero attached hydrogens (tertiary/aromatic N) is 2. The molecule has 1 N–H and O–H groups in total. The van der Waals surface area contributed by atoms with Gasteiger partial charge in [0, 0.05) is 13.1 Å². The number of nitrogens with one attached hydrogen (secondary N) is 1. The minimum Gasteiger partial charge on any atom is -0.319 e. The Morgan fingerprint density at radius 3 is 2.35 bits per heavy atom. The average Bonchev–Trinajstić information content (AvgIpc) is 2.94. The van der Waals surface area contributed by atoms with E-state index in [2.05, 4.69) is 9.71 Å². The molecule has 0 saturated carbocycles. The van der Waals surface area contributed by atoms with E-state index in [1.54, 1.807) is 12.1 Å². The molecule has 0 fully saturated rings. The molecule has 0 spiro atoms. The number of para-hydroxylation sites is 2. The molecule has 0 radical (unpaired) electrons. The summed E-state index contributed by atoms with van der Waals surface area (Å²) in [5, 5.41) is 0. The highest BCUT2D eigenvalue weighted by Crippen LogP contribution is 2.31. The molecule has 0 saturated heterocycles. The molecule has 10 heteroatoms. The van der Waals surface area contributed by atoms with Crippen LogP contribution in [0.15, 0.2) is 53.4 Å². The standard InChI is InChI=1S/C16H13F4N3O2S/c17-11-5-7-12(8-6-11)26(24,25)21-9-10-23-14-4-2-1-3-13(14)22-15(23)16(18,19)20/h1-8,21H,9-10H2. The maximum absolute atomic E-state index is 13.2. The van der Waals surface area contributed by atoms with E-state index in [1.165, 1.54) is 12.1 Å². The van der Waals surface area contributed by atoms with Crippen molar-refractivity contribution < 1.29 is 26.0 Å². The van der Waals surface area contributed by atoms with Crippen LogP contribution in [-0.2, 0) is 22.7 Å². The number of hydrogen-bond donors (Lipinski definition) is 1. The Morgan fingerprint density at radius 1 is 1.04 bits per heavy atom. The number of imidazole rings is 1. The highest BCUT2D eigenvalue weighted by atomic mass is 32.2. The van der Waals surface area contributed by atoms with Gasteiger partial charge in [0.2, 0.25) is 15.8 Å². The quantitative estimate of drug-likeness (QED) is 0.684. The summed E-state index contributed by atoms with van der Waals surface area (Å²) in [7, 11) is -3.96. The van der Waals surface area contributed by atoms with Crippen LogP contribution >= 0.6 is 0 Å². The summed E-state index contributed by atoms with van der Waals surface area (Å²) in [6.07, 6.45) is -4.67. The lowest BCUT2D eigenvalue weighted by Crippen LogP contribution is -2.28. The third-order valence-corrected chi connectivity index (χ3v) is 5.14. The van der Waals surface area contributed by atoms with E-state index in [9.17, 15) is 26.0 Å². The fraction of sp³-hybridized carbons (Fsp3) is 0.188. The van der Waals surface area contributed by atoms with Crippen LogP contribution in [0.25, 0.3) is 11.0 Å². The maximum Gasteiger partial charge on any atom is 0.449 e. The zero-order valence-corrected chi connectivity index (χ0v) is 14.0. The van der Waals surface area contributed by atoms with Gasteiger partial charge < -0.3 is 4.57 Å². The van der Waals surface area contributed by atoms with Crippen LogP contribution in [0.5, 0.6) is 0 Å². The van der Waals surface area contributed by atoms with E-state index in [4.69, 9.17) is 0 Å². The summed E-state index contributed by atoms with van der Waals surface area (Å²) < 4.78 is 79.9. The minimum absolute atomic E-state index is 0.168. The highest BCUT2D eigenvalue weighted by molar-refractivity contribution is 7.89. The van der Waals surface area contributed by atoms with Crippen molar-refractivity contribution in [3.05, 3.63) is 60.2 Å². The SMILES string of the molecule is O=S(=O)(NCCn1c(C(F)(F)F)nc2ccccc21)c1ccc(F)cc1. The van der Waals surface area contributed by atoms with Gasteiger partial charge in [-0.3, -0.25) is 0 Å². The fourth-order valence-electron chi connectivity index (χ4n) is 2.51. The van der Waals surface area contributed by atoms with Crippen LogP contribution in [0.3, 0.4) is 0 Å². The van der Waals surface area contributed by atoms with Crippen LogP contribution in [0.2, 0.25) is 0 Å². The first-order chi connectivity index (χ1) is 12.2. The molecule has 26 heavy (non-hydrogen) atoms. The monoisotopic (exact) mass is 387 g/mol. The molecular formula is C16H13F4N3O2S. The van der Waals surface area contributed by atoms with Crippen molar-refractivity contribution in [2.75, 3.05) is 6.54 Å². The largest absolute Gasteiger partial charge is 0.449 e. The van der Waals surface area contributed by atoms with E-state index in [-0.39, 0.29) is 29.0 Å². The van der Waals surface area contributed by atoms with E-state index < -0.39 is 27.8 Å². The van der Waals surface area contributed by atoms with Crippen molar-refractivity contribution >= 4 is 21.1 Å². The molecule has 0 atom stereocenters. The van der Waals surface area contributed by atoms with Crippen molar-refractivity contribution in [1.82, 2.24) is 14.3 Å². The highest BCUT2D eigenvalue weighted by Gasteiger charge is 2.37. The fourth-order valence-corrected chi connectivity index (χ4v) is 3.53. The molecule has 5 nitrogen and oxygen atoms in total. The van der Waals surface area contributed by atoms with Crippen LogP contribution in [-0.4, -0.2) is 24.5 Å². The normalized spacial score (nSPS) is 12.6. The van der Waals surface area contributed by atoms with Gasteiger partial charge in [-0.1, -0.05) is 12.1 Å². The number of benzene rings is 2. The molecule has 0 aliphatic carbocycles. The molecule has 1 heterocycles. The van der Waals surface area contributed by atoms with Gasteiger partial charge in [-0.2, -0.15) is 13.2 Å². The number of fused-ring (bicyclic) bond motifs is 1. The second-order valence-corrected chi connectivity index (χ2v) is 7.19. The number of aromatic nitrogens is 2. The average molecular weight is 387 g/mol. The summed E-state index contributed by atoms with van der Waals surface area (Å²) in [5.74, 6) is -1.69. The number of halogens is 4. The van der Waals surface area contributed by atoms with Crippen molar-refractivity contribution in [2.24, 2.45) is 0 Å². The maximum atomic E-state index is 13.2. The summed E-state index contributed by atoms with van der Waals surface area (Å²) in [6, 6.07) is 10.2. The molecule has 138 valence electrons. The zero-order chi connectivity index (χ0) is 18.9. The Labute approximate surface area is 146 Å². The lowest BCUT2D eigenvalue weighted by Gasteiger charge is -2.12. The van der Waals surface area contributed by atoms with Crippen LogP contribution in [0.4, 0.5) is 17.6 Å². The lowest BCUT2D eigenvalue weighted by molar-refractivity contribution is -0.146. The molecule has 0 unspecified atom stereocenters. The topological polar surface area (TPSA) is 64.0 Å². The Morgan fingerprint density at radius 2 is 1.69 bits per heavy atom. The van der Waals surface area contributed by atoms with Gasteiger partial charge in [0.1, 0.15) is 5.82 Å². The van der Waals surface area contributed by atoms with Gasteiger partial charge in [-0.15, -0.1) is 0 Å². The van der Waals surface area contributed by atoms with Gasteiger partial charge in [0.15, 0.2) is 0 Å². The number of rotatable bonds is 5. The van der Waals surface area contributed by atoms with E-state index in [1.807, 2.05) is 0 Å². The smallest absolute Gasteiger partial charge is 0.319 e. The molecule has 0 aliphatic heterocycles.